The van der Waals surface area contributed by atoms with E-state index in [1.54, 1.807) is 13.8 Å². The Balaban J connectivity index is 2.26. The van der Waals surface area contributed by atoms with Crippen molar-refractivity contribution in [2.24, 2.45) is 0 Å². The molecule has 4 N–H and O–H groups in total. The summed E-state index contributed by atoms with van der Waals surface area (Å²) in [6.45, 7) is 2.58. The van der Waals surface area contributed by atoms with E-state index in [1.807, 2.05) is 0 Å². The average molecular weight is 443 g/mol. The molecule has 1 aliphatic heterocycles. The summed E-state index contributed by atoms with van der Waals surface area (Å²) in [5.41, 5.74) is -1.65. The van der Waals surface area contributed by atoms with Crippen LogP contribution < -0.4 is 10.9 Å². The van der Waals surface area contributed by atoms with Gasteiger partial charge in [0, 0.05) is 12.4 Å². The number of amides is 1. The second kappa shape index (κ2) is 10.9. The third kappa shape index (κ3) is 5.64. The van der Waals surface area contributed by atoms with Gasteiger partial charge < -0.3 is 34.8 Å². The third-order valence-corrected chi connectivity index (χ3v) is 4.43. The van der Waals surface area contributed by atoms with Crippen molar-refractivity contribution >= 4 is 17.8 Å². The number of nitrogens with one attached hydrogen (secondary N) is 1. The lowest BCUT2D eigenvalue weighted by molar-refractivity contribution is -0.152. The molecular formula is C18H25N3O10. The highest BCUT2D eigenvalue weighted by molar-refractivity contribution is 5.96. The molecule has 31 heavy (non-hydrogen) atoms. The molecule has 13 heteroatoms. The fourth-order valence-electron chi connectivity index (χ4n) is 2.94. The van der Waals surface area contributed by atoms with Gasteiger partial charge in [-0.3, -0.25) is 19.0 Å². The molecule has 5 atom stereocenters. The summed E-state index contributed by atoms with van der Waals surface area (Å²) in [6, 6.07) is -1.42. The van der Waals surface area contributed by atoms with Crippen molar-refractivity contribution in [2.75, 3.05) is 19.8 Å². The summed E-state index contributed by atoms with van der Waals surface area (Å²) >= 11 is 0. The fraction of sp³-hybridized carbons (Fsp3) is 0.611. The van der Waals surface area contributed by atoms with Crippen LogP contribution in [0.4, 0.5) is 0 Å². The van der Waals surface area contributed by atoms with Crippen LogP contribution in [0.2, 0.25) is 0 Å². The van der Waals surface area contributed by atoms with Gasteiger partial charge in [0.05, 0.1) is 26.2 Å². The highest BCUT2D eigenvalue weighted by atomic mass is 16.6. The highest BCUT2D eigenvalue weighted by Crippen LogP contribution is 2.27. The number of aliphatic hydroxyl groups excluding tert-OH is 3. The lowest BCUT2D eigenvalue weighted by atomic mass is 10.1. The Morgan fingerprint density at radius 1 is 1.23 bits per heavy atom. The Kier molecular flexibility index (Phi) is 8.62. The van der Waals surface area contributed by atoms with Crippen molar-refractivity contribution < 1.29 is 43.9 Å². The first-order valence-electron chi connectivity index (χ1n) is 9.57. The normalized spacial score (nSPS) is 23.8. The van der Waals surface area contributed by atoms with Crippen LogP contribution in [0.3, 0.4) is 0 Å². The van der Waals surface area contributed by atoms with Gasteiger partial charge in [-0.15, -0.1) is 0 Å². The standard InChI is InChI=1S/C18H25N3O10/c1-3-29-11(23)7-9(18(28)30-4-2)20-15(26)12-16(27)21(6-5-19-12)17-14(25)13(24)10(8-22)31-17/h5-6,9-10,13-14,17,22,24-25H,3-4,7-8H2,1-2H3,(H,20,26)/t9-,10?,13?,14?,17?/m0/s1. The van der Waals surface area contributed by atoms with Gasteiger partial charge in [-0.25, -0.2) is 9.78 Å². The number of carbonyl (C=O) groups excluding carboxylic acids is 3. The van der Waals surface area contributed by atoms with Crippen LogP contribution in [0.5, 0.6) is 0 Å². The average Bonchev–Trinajstić information content (AvgIpc) is 3.02. The van der Waals surface area contributed by atoms with Crippen LogP contribution in [0.1, 0.15) is 37.0 Å². The molecule has 1 saturated heterocycles. The van der Waals surface area contributed by atoms with Crippen molar-refractivity contribution in [2.45, 2.75) is 50.8 Å². The number of hydrogen-bond donors (Lipinski definition) is 4. The maximum atomic E-state index is 12.7. The van der Waals surface area contributed by atoms with Gasteiger partial charge in [0.25, 0.3) is 11.5 Å². The van der Waals surface area contributed by atoms with Crippen molar-refractivity contribution in [1.82, 2.24) is 14.9 Å². The summed E-state index contributed by atoms with van der Waals surface area (Å²) in [5, 5.41) is 31.4. The van der Waals surface area contributed by atoms with Crippen molar-refractivity contribution in [3.05, 3.63) is 28.4 Å². The van der Waals surface area contributed by atoms with E-state index in [2.05, 4.69) is 10.3 Å². The Hall–Kier alpha value is -2.87. The highest BCUT2D eigenvalue weighted by Gasteiger charge is 2.44. The summed E-state index contributed by atoms with van der Waals surface area (Å²) in [5.74, 6) is -2.73. The smallest absolute Gasteiger partial charge is 0.329 e. The zero-order chi connectivity index (χ0) is 23.1. The Labute approximate surface area is 176 Å². The van der Waals surface area contributed by atoms with E-state index in [0.29, 0.717) is 0 Å². The maximum absolute atomic E-state index is 12.7. The molecule has 1 aliphatic rings. The molecule has 0 aromatic carbocycles. The minimum absolute atomic E-state index is 0.00429. The van der Waals surface area contributed by atoms with Gasteiger partial charge in [-0.1, -0.05) is 0 Å². The number of esters is 2. The van der Waals surface area contributed by atoms with Crippen LogP contribution in [0.15, 0.2) is 17.2 Å². The Morgan fingerprint density at radius 3 is 2.48 bits per heavy atom. The van der Waals surface area contributed by atoms with E-state index >= 15 is 0 Å². The van der Waals surface area contributed by atoms with Crippen molar-refractivity contribution in [1.29, 1.82) is 0 Å². The van der Waals surface area contributed by atoms with Crippen LogP contribution in [0, 0.1) is 0 Å². The quantitative estimate of drug-likeness (QED) is 0.295. The van der Waals surface area contributed by atoms with Gasteiger partial charge in [0.2, 0.25) is 0 Å². The van der Waals surface area contributed by atoms with E-state index in [9.17, 15) is 34.5 Å². The van der Waals surface area contributed by atoms with Crippen LogP contribution >= 0.6 is 0 Å². The van der Waals surface area contributed by atoms with Crippen molar-refractivity contribution in [3.63, 3.8) is 0 Å². The first-order chi connectivity index (χ1) is 14.7. The molecule has 0 radical (unpaired) electrons. The molecule has 1 aromatic heterocycles. The van der Waals surface area contributed by atoms with Gasteiger partial charge in [0.1, 0.15) is 24.4 Å². The largest absolute Gasteiger partial charge is 0.466 e. The Morgan fingerprint density at radius 2 is 1.90 bits per heavy atom. The first-order valence-corrected chi connectivity index (χ1v) is 9.57. The molecule has 0 spiro atoms. The van der Waals surface area contributed by atoms with Crippen LogP contribution in [0.25, 0.3) is 0 Å². The first kappa shape index (κ1) is 24.4. The number of carbonyl (C=O) groups is 3. The zero-order valence-electron chi connectivity index (χ0n) is 17.0. The maximum Gasteiger partial charge on any atom is 0.329 e. The molecule has 2 heterocycles. The lowest BCUT2D eigenvalue weighted by Crippen LogP contribution is -2.46. The number of rotatable bonds is 9. The predicted octanol–water partition coefficient (Wildman–Crippen LogP) is -2.53. The summed E-state index contributed by atoms with van der Waals surface area (Å²) in [4.78, 5) is 52.9. The van der Waals surface area contributed by atoms with Crippen LogP contribution in [-0.2, 0) is 23.8 Å². The second-order valence-electron chi connectivity index (χ2n) is 6.50. The molecule has 4 unspecified atom stereocenters. The molecule has 1 aromatic rings. The molecule has 2 rings (SSSR count). The number of ether oxygens (including phenoxy) is 3. The summed E-state index contributed by atoms with van der Waals surface area (Å²) in [7, 11) is 0. The van der Waals surface area contributed by atoms with E-state index in [4.69, 9.17) is 14.2 Å². The number of nitrogens with zero attached hydrogens (tertiary/aromatic N) is 2. The SMILES string of the molecule is CCOC(=O)C[C@H](NC(=O)c1nccn(C2OC(CO)C(O)C2O)c1=O)C(=O)OCC. The Bertz CT molecular complexity index is 857. The second-order valence-corrected chi connectivity index (χ2v) is 6.50. The topological polar surface area (TPSA) is 187 Å². The van der Waals surface area contributed by atoms with Gasteiger partial charge in [-0.05, 0) is 13.8 Å². The van der Waals surface area contributed by atoms with Crippen molar-refractivity contribution in [3.8, 4) is 0 Å². The lowest BCUT2D eigenvalue weighted by Gasteiger charge is -2.19. The van der Waals surface area contributed by atoms with Gasteiger partial charge >= 0.3 is 11.9 Å². The number of aliphatic hydroxyl groups is 3. The molecule has 0 saturated carbocycles. The fourth-order valence-corrected chi connectivity index (χ4v) is 2.94. The number of hydrogen-bond acceptors (Lipinski definition) is 11. The minimum Gasteiger partial charge on any atom is -0.466 e. The molecule has 172 valence electrons. The molecule has 13 nitrogen and oxygen atoms in total. The molecule has 1 fully saturated rings. The summed E-state index contributed by atoms with van der Waals surface area (Å²) < 4.78 is 15.7. The predicted molar refractivity (Wildman–Crippen MR) is 101 cm³/mol. The van der Waals surface area contributed by atoms with Crippen LogP contribution in [-0.4, -0.2) is 86.9 Å². The molecule has 0 bridgehead atoms. The molecule has 0 aliphatic carbocycles. The summed E-state index contributed by atoms with van der Waals surface area (Å²) in [6.07, 6.45) is -3.83. The van der Waals surface area contributed by atoms with E-state index < -0.39 is 72.7 Å². The van der Waals surface area contributed by atoms with Gasteiger partial charge in [-0.2, -0.15) is 0 Å². The van der Waals surface area contributed by atoms with E-state index in [1.165, 1.54) is 0 Å². The molecule has 1 amide bonds. The van der Waals surface area contributed by atoms with E-state index in [-0.39, 0.29) is 13.2 Å². The minimum atomic E-state index is -1.55. The zero-order valence-corrected chi connectivity index (χ0v) is 17.0. The third-order valence-electron chi connectivity index (χ3n) is 4.43. The van der Waals surface area contributed by atoms with E-state index in [0.717, 1.165) is 17.0 Å². The van der Waals surface area contributed by atoms with Gasteiger partial charge in [0.15, 0.2) is 11.9 Å². The number of aromatic nitrogens is 2. The molecular weight excluding hydrogens is 418 g/mol. The monoisotopic (exact) mass is 443 g/mol.